The number of H-pyrrole nitrogens is 1. The molecule has 0 unspecified atom stereocenters. The molecule has 2 aromatic heterocycles. The molecule has 25 heavy (non-hydrogen) atoms. The average Bonchev–Trinajstić information content (AvgIpc) is 2.63. The van der Waals surface area contributed by atoms with Crippen LogP contribution >= 0.6 is 0 Å². The molecule has 7 heteroatoms. The summed E-state index contributed by atoms with van der Waals surface area (Å²) in [6.45, 7) is 1.19. The van der Waals surface area contributed by atoms with E-state index in [9.17, 15) is 14.4 Å². The van der Waals surface area contributed by atoms with Crippen molar-refractivity contribution >= 4 is 11.7 Å². The second kappa shape index (κ2) is 6.96. The summed E-state index contributed by atoms with van der Waals surface area (Å²) < 4.78 is 0.850. The summed E-state index contributed by atoms with van der Waals surface area (Å²) in [5, 5.41) is 2.58. The number of pyridine rings is 1. The fraction of sp³-hybridized carbons (Fsp3) is 0.111. The first-order valence-electron chi connectivity index (χ1n) is 7.65. The number of hydrogen-bond donors (Lipinski definition) is 2. The number of hydrogen-bond acceptors (Lipinski definition) is 4. The summed E-state index contributed by atoms with van der Waals surface area (Å²) in [7, 11) is 0. The van der Waals surface area contributed by atoms with Crippen molar-refractivity contribution < 1.29 is 4.79 Å². The van der Waals surface area contributed by atoms with Crippen LogP contribution in [0, 0.1) is 6.92 Å². The number of carbonyl (C=O) groups excluding carboxylic acids is 1. The molecule has 0 aliphatic carbocycles. The van der Waals surface area contributed by atoms with Gasteiger partial charge < -0.3 is 10.3 Å². The highest BCUT2D eigenvalue weighted by atomic mass is 16.2. The Morgan fingerprint density at radius 3 is 2.56 bits per heavy atom. The SMILES string of the molecule is Cc1c[nH]c(=O)n(CC(=O)Nc2ccc(-c3ccccc3)cn2)c1=O. The summed E-state index contributed by atoms with van der Waals surface area (Å²) in [5.74, 6) is -0.153. The van der Waals surface area contributed by atoms with E-state index >= 15 is 0 Å². The molecular formula is C18H16N4O3. The highest BCUT2D eigenvalue weighted by Crippen LogP contribution is 2.18. The lowest BCUT2D eigenvalue weighted by Gasteiger charge is -2.07. The van der Waals surface area contributed by atoms with Gasteiger partial charge in [0.1, 0.15) is 12.4 Å². The third-order valence-electron chi connectivity index (χ3n) is 3.68. The number of nitrogens with zero attached hydrogens (tertiary/aromatic N) is 2. The molecule has 3 aromatic rings. The minimum Gasteiger partial charge on any atom is -0.314 e. The number of aromatic nitrogens is 3. The quantitative estimate of drug-likeness (QED) is 0.755. The minimum absolute atomic E-state index is 0.349. The van der Waals surface area contributed by atoms with Crippen LogP contribution in [-0.4, -0.2) is 20.4 Å². The van der Waals surface area contributed by atoms with Crippen molar-refractivity contribution in [1.29, 1.82) is 0 Å². The molecule has 0 atom stereocenters. The van der Waals surface area contributed by atoms with Crippen molar-refractivity contribution in [3.05, 3.63) is 81.3 Å². The zero-order valence-electron chi connectivity index (χ0n) is 13.5. The molecule has 1 aromatic carbocycles. The summed E-state index contributed by atoms with van der Waals surface area (Å²) in [6, 6.07) is 13.2. The van der Waals surface area contributed by atoms with E-state index in [1.165, 1.54) is 6.20 Å². The molecule has 0 fully saturated rings. The van der Waals surface area contributed by atoms with Gasteiger partial charge in [-0.05, 0) is 24.6 Å². The molecule has 0 saturated carbocycles. The van der Waals surface area contributed by atoms with Crippen LogP contribution in [0.5, 0.6) is 0 Å². The highest BCUT2D eigenvalue weighted by Gasteiger charge is 2.10. The fourth-order valence-electron chi connectivity index (χ4n) is 2.35. The number of aryl methyl sites for hydroxylation is 1. The highest BCUT2D eigenvalue weighted by molar-refractivity contribution is 5.89. The molecule has 0 bridgehead atoms. The van der Waals surface area contributed by atoms with Gasteiger partial charge >= 0.3 is 5.69 Å². The van der Waals surface area contributed by atoms with E-state index in [-0.39, 0.29) is 6.54 Å². The third kappa shape index (κ3) is 3.72. The molecule has 0 aliphatic rings. The first kappa shape index (κ1) is 16.4. The smallest absolute Gasteiger partial charge is 0.314 e. The second-order valence-electron chi connectivity index (χ2n) is 5.51. The second-order valence-corrected chi connectivity index (χ2v) is 5.51. The Morgan fingerprint density at radius 1 is 1.12 bits per heavy atom. The first-order valence-corrected chi connectivity index (χ1v) is 7.65. The number of benzene rings is 1. The number of nitrogens with one attached hydrogen (secondary N) is 2. The Balaban J connectivity index is 1.73. The van der Waals surface area contributed by atoms with Crippen LogP contribution < -0.4 is 16.6 Å². The largest absolute Gasteiger partial charge is 0.328 e. The zero-order chi connectivity index (χ0) is 17.8. The van der Waals surface area contributed by atoms with Gasteiger partial charge in [0, 0.05) is 23.5 Å². The van der Waals surface area contributed by atoms with Crippen LogP contribution in [0.25, 0.3) is 11.1 Å². The molecule has 2 N–H and O–H groups in total. The third-order valence-corrected chi connectivity index (χ3v) is 3.68. The van der Waals surface area contributed by atoms with Crippen LogP contribution in [0.1, 0.15) is 5.56 Å². The average molecular weight is 336 g/mol. The van der Waals surface area contributed by atoms with Gasteiger partial charge in [-0.1, -0.05) is 30.3 Å². The van der Waals surface area contributed by atoms with E-state index in [1.807, 2.05) is 36.4 Å². The van der Waals surface area contributed by atoms with Crippen LogP contribution in [0.15, 0.2) is 64.4 Å². The Morgan fingerprint density at radius 2 is 1.88 bits per heavy atom. The van der Waals surface area contributed by atoms with E-state index in [2.05, 4.69) is 15.3 Å². The van der Waals surface area contributed by atoms with Gasteiger partial charge in [0.25, 0.3) is 5.56 Å². The van der Waals surface area contributed by atoms with Gasteiger partial charge in [-0.25, -0.2) is 9.78 Å². The molecule has 3 rings (SSSR count). The molecule has 0 radical (unpaired) electrons. The van der Waals surface area contributed by atoms with E-state index in [0.29, 0.717) is 11.4 Å². The summed E-state index contributed by atoms with van der Waals surface area (Å²) in [4.78, 5) is 42.3. The topological polar surface area (TPSA) is 96.8 Å². The van der Waals surface area contributed by atoms with Gasteiger partial charge in [0.05, 0.1) is 0 Å². The lowest BCUT2D eigenvalue weighted by Crippen LogP contribution is -2.39. The van der Waals surface area contributed by atoms with Crippen molar-refractivity contribution in [1.82, 2.24) is 14.5 Å². The predicted octanol–water partition coefficient (Wildman–Crippen LogP) is 1.55. The van der Waals surface area contributed by atoms with E-state index in [1.54, 1.807) is 19.2 Å². The maximum atomic E-state index is 12.1. The molecule has 2 heterocycles. The van der Waals surface area contributed by atoms with Gasteiger partial charge in [-0.2, -0.15) is 0 Å². The molecule has 0 saturated heterocycles. The van der Waals surface area contributed by atoms with Crippen LogP contribution in [-0.2, 0) is 11.3 Å². The Labute approximate surface area is 143 Å². The molecule has 126 valence electrons. The van der Waals surface area contributed by atoms with Gasteiger partial charge in [0.2, 0.25) is 5.91 Å². The standard InChI is InChI=1S/C18H16N4O3/c1-12-9-20-18(25)22(17(12)24)11-16(23)21-15-8-7-14(10-19-15)13-5-3-2-4-6-13/h2-10H,11H2,1H3,(H,20,25)(H,19,21,23). The molecular weight excluding hydrogens is 320 g/mol. The summed E-state index contributed by atoms with van der Waals surface area (Å²) in [5.41, 5.74) is 1.18. The van der Waals surface area contributed by atoms with Gasteiger partial charge in [-0.15, -0.1) is 0 Å². The van der Waals surface area contributed by atoms with E-state index < -0.39 is 17.2 Å². The summed E-state index contributed by atoms with van der Waals surface area (Å²) in [6.07, 6.45) is 2.97. The number of anilines is 1. The molecule has 0 spiro atoms. The van der Waals surface area contributed by atoms with Crippen LogP contribution in [0.2, 0.25) is 0 Å². The number of rotatable bonds is 4. The first-order chi connectivity index (χ1) is 12.0. The normalized spacial score (nSPS) is 10.4. The Kier molecular flexibility index (Phi) is 4.56. The van der Waals surface area contributed by atoms with Crippen molar-refractivity contribution in [2.45, 2.75) is 13.5 Å². The van der Waals surface area contributed by atoms with E-state index in [0.717, 1.165) is 15.7 Å². The zero-order valence-corrected chi connectivity index (χ0v) is 13.5. The van der Waals surface area contributed by atoms with Crippen molar-refractivity contribution in [3.8, 4) is 11.1 Å². The lowest BCUT2D eigenvalue weighted by atomic mass is 10.1. The van der Waals surface area contributed by atoms with Crippen molar-refractivity contribution in [2.75, 3.05) is 5.32 Å². The predicted molar refractivity (Wildman–Crippen MR) is 94.4 cm³/mol. The lowest BCUT2D eigenvalue weighted by molar-refractivity contribution is -0.116. The Bertz CT molecular complexity index is 1000. The maximum absolute atomic E-state index is 12.1. The van der Waals surface area contributed by atoms with E-state index in [4.69, 9.17) is 0 Å². The fourth-order valence-corrected chi connectivity index (χ4v) is 2.35. The summed E-state index contributed by atoms with van der Waals surface area (Å²) >= 11 is 0. The molecule has 1 amide bonds. The molecule has 7 nitrogen and oxygen atoms in total. The monoisotopic (exact) mass is 336 g/mol. The van der Waals surface area contributed by atoms with Crippen LogP contribution in [0.3, 0.4) is 0 Å². The van der Waals surface area contributed by atoms with Crippen LogP contribution in [0.4, 0.5) is 5.82 Å². The van der Waals surface area contributed by atoms with Crippen molar-refractivity contribution in [3.63, 3.8) is 0 Å². The number of amides is 1. The number of carbonyl (C=O) groups is 1. The minimum atomic E-state index is -0.627. The van der Waals surface area contributed by atoms with Gasteiger partial charge in [-0.3, -0.25) is 14.2 Å². The number of aromatic amines is 1. The molecule has 0 aliphatic heterocycles. The van der Waals surface area contributed by atoms with Gasteiger partial charge in [0.15, 0.2) is 0 Å². The van der Waals surface area contributed by atoms with Crippen molar-refractivity contribution in [2.24, 2.45) is 0 Å². The maximum Gasteiger partial charge on any atom is 0.328 e. The Hall–Kier alpha value is -3.48.